The van der Waals surface area contributed by atoms with Crippen LogP contribution in [0, 0.1) is 0 Å². The second-order valence-electron chi connectivity index (χ2n) is 4.09. The first-order valence-electron chi connectivity index (χ1n) is 5.80. The zero-order chi connectivity index (χ0) is 12.8. The molecule has 1 aromatic rings. The Morgan fingerprint density at radius 2 is 2.29 bits per heavy atom. The van der Waals surface area contributed by atoms with Crippen molar-refractivity contribution in [2.75, 3.05) is 32.2 Å². The van der Waals surface area contributed by atoms with Crippen molar-refractivity contribution in [2.45, 2.75) is 26.2 Å². The third-order valence-corrected chi connectivity index (χ3v) is 3.92. The summed E-state index contributed by atoms with van der Waals surface area (Å²) in [4.78, 5) is 18.4. The molecule has 1 atom stereocenters. The highest BCUT2D eigenvalue weighted by Crippen LogP contribution is 2.30. The fraction of sp³-hybridized carbons (Fsp3) is 0.667. The van der Waals surface area contributed by atoms with Crippen molar-refractivity contribution < 1.29 is 9.53 Å². The van der Waals surface area contributed by atoms with Crippen LogP contribution in [-0.4, -0.2) is 38.6 Å². The Kier molecular flexibility index (Phi) is 5.58. The predicted molar refractivity (Wildman–Crippen MR) is 71.4 cm³/mol. The van der Waals surface area contributed by atoms with Gasteiger partial charge >= 0.3 is 0 Å². The van der Waals surface area contributed by atoms with Crippen molar-refractivity contribution in [3.63, 3.8) is 0 Å². The van der Waals surface area contributed by atoms with Gasteiger partial charge in [-0.05, 0) is 12.3 Å². The number of carbonyl (C=O) groups excluding carboxylic acids is 1. The summed E-state index contributed by atoms with van der Waals surface area (Å²) in [7, 11) is 3.64. The van der Waals surface area contributed by atoms with Gasteiger partial charge in [-0.25, -0.2) is 4.98 Å². The lowest BCUT2D eigenvalue weighted by Gasteiger charge is -2.14. The molecule has 1 unspecified atom stereocenters. The number of rotatable bonds is 7. The lowest BCUT2D eigenvalue weighted by atomic mass is 10.0. The van der Waals surface area contributed by atoms with E-state index in [1.807, 2.05) is 11.9 Å². The van der Waals surface area contributed by atoms with E-state index in [1.165, 1.54) is 11.3 Å². The molecule has 0 aromatic carbocycles. The molecule has 0 fully saturated rings. The summed E-state index contributed by atoms with van der Waals surface area (Å²) < 4.78 is 5.03. The number of methoxy groups -OCH3 is 1. The second kappa shape index (κ2) is 6.71. The van der Waals surface area contributed by atoms with Crippen molar-refractivity contribution in [2.24, 2.45) is 0 Å². The van der Waals surface area contributed by atoms with Gasteiger partial charge in [0.05, 0.1) is 17.2 Å². The van der Waals surface area contributed by atoms with Crippen LogP contribution in [0.5, 0.6) is 0 Å². The Hall–Kier alpha value is -0.940. The Bertz CT molecular complexity index is 365. The molecule has 0 spiro atoms. The van der Waals surface area contributed by atoms with Crippen LogP contribution in [0.1, 0.15) is 41.6 Å². The zero-order valence-electron chi connectivity index (χ0n) is 10.9. The van der Waals surface area contributed by atoms with Gasteiger partial charge in [0.1, 0.15) is 0 Å². The first-order valence-corrected chi connectivity index (χ1v) is 6.61. The highest BCUT2D eigenvalue weighted by Gasteiger charge is 2.17. The topological polar surface area (TPSA) is 42.4 Å². The molecule has 1 rings (SSSR count). The third-order valence-electron chi connectivity index (χ3n) is 2.81. The van der Waals surface area contributed by atoms with Crippen LogP contribution in [0.4, 0.5) is 5.13 Å². The molecule has 0 bridgehead atoms. The van der Waals surface area contributed by atoms with Crippen molar-refractivity contribution >= 4 is 22.8 Å². The standard InChI is InChI=1S/C12H20N2O2S/c1-5-9(2)11-10(8-15)17-12(13-11)14(3)6-7-16-4/h8-9H,5-7H2,1-4H3. The van der Waals surface area contributed by atoms with Crippen molar-refractivity contribution in [3.8, 4) is 0 Å². The van der Waals surface area contributed by atoms with Crippen molar-refractivity contribution in [1.82, 2.24) is 4.98 Å². The molecule has 4 nitrogen and oxygen atoms in total. The molecule has 0 N–H and O–H groups in total. The van der Waals surface area contributed by atoms with E-state index in [-0.39, 0.29) is 0 Å². The number of likely N-dealkylation sites (N-methyl/N-ethyl adjacent to an activating group) is 1. The Morgan fingerprint density at radius 3 is 2.82 bits per heavy atom. The Labute approximate surface area is 107 Å². The van der Waals surface area contributed by atoms with Crippen LogP contribution in [0.15, 0.2) is 0 Å². The summed E-state index contributed by atoms with van der Waals surface area (Å²) in [6.45, 7) is 5.64. The average Bonchev–Trinajstić information content (AvgIpc) is 2.79. The maximum atomic E-state index is 11.0. The molecule has 1 heterocycles. The minimum Gasteiger partial charge on any atom is -0.383 e. The summed E-state index contributed by atoms with van der Waals surface area (Å²) in [6.07, 6.45) is 1.90. The van der Waals surface area contributed by atoms with E-state index in [4.69, 9.17) is 4.74 Å². The van der Waals surface area contributed by atoms with Crippen molar-refractivity contribution in [3.05, 3.63) is 10.6 Å². The lowest BCUT2D eigenvalue weighted by molar-refractivity contribution is 0.112. The largest absolute Gasteiger partial charge is 0.383 e. The SMILES string of the molecule is CCC(C)c1nc(N(C)CCOC)sc1C=O. The first-order chi connectivity index (χ1) is 8.13. The highest BCUT2D eigenvalue weighted by atomic mass is 32.1. The molecule has 96 valence electrons. The molecule has 0 aliphatic rings. The maximum absolute atomic E-state index is 11.0. The van der Waals surface area contributed by atoms with E-state index in [0.717, 1.165) is 35.0 Å². The lowest BCUT2D eigenvalue weighted by Crippen LogP contribution is -2.21. The summed E-state index contributed by atoms with van der Waals surface area (Å²) in [5, 5.41) is 0.888. The van der Waals surface area contributed by atoms with Crippen LogP contribution >= 0.6 is 11.3 Å². The molecule has 5 heteroatoms. The minimum absolute atomic E-state index is 0.330. The van der Waals surface area contributed by atoms with Gasteiger partial charge in [0.15, 0.2) is 11.4 Å². The average molecular weight is 256 g/mol. The minimum atomic E-state index is 0.330. The van der Waals surface area contributed by atoms with E-state index in [2.05, 4.69) is 18.8 Å². The monoisotopic (exact) mass is 256 g/mol. The first kappa shape index (κ1) is 14.1. The number of thiazole rings is 1. The highest BCUT2D eigenvalue weighted by molar-refractivity contribution is 7.17. The van der Waals surface area contributed by atoms with Crippen LogP contribution in [0.3, 0.4) is 0 Å². The smallest absolute Gasteiger partial charge is 0.186 e. The quantitative estimate of drug-likeness (QED) is 0.703. The van der Waals surface area contributed by atoms with Gasteiger partial charge in [-0.15, -0.1) is 0 Å². The van der Waals surface area contributed by atoms with Gasteiger partial charge in [0.2, 0.25) is 0 Å². The predicted octanol–water partition coefficient (Wildman–Crippen LogP) is 2.55. The summed E-state index contributed by atoms with van der Waals surface area (Å²) in [5.41, 5.74) is 0.923. The molecule has 0 saturated carbocycles. The number of aromatic nitrogens is 1. The van der Waals surface area contributed by atoms with E-state index < -0.39 is 0 Å². The fourth-order valence-electron chi connectivity index (χ4n) is 1.45. The van der Waals surface area contributed by atoms with Crippen LogP contribution in [0.2, 0.25) is 0 Å². The zero-order valence-corrected chi connectivity index (χ0v) is 11.7. The van der Waals surface area contributed by atoms with Gasteiger partial charge in [-0.3, -0.25) is 4.79 Å². The summed E-state index contributed by atoms with van der Waals surface area (Å²) in [5.74, 6) is 0.330. The second-order valence-corrected chi connectivity index (χ2v) is 5.10. The molecular weight excluding hydrogens is 236 g/mol. The number of anilines is 1. The molecule has 0 aliphatic heterocycles. The van der Waals surface area contributed by atoms with Gasteiger partial charge in [-0.1, -0.05) is 25.2 Å². The van der Waals surface area contributed by atoms with E-state index in [1.54, 1.807) is 7.11 Å². The molecule has 0 amide bonds. The van der Waals surface area contributed by atoms with Gasteiger partial charge in [-0.2, -0.15) is 0 Å². The number of nitrogens with zero attached hydrogens (tertiary/aromatic N) is 2. The molecule has 1 aromatic heterocycles. The molecule has 17 heavy (non-hydrogen) atoms. The Balaban J connectivity index is 2.87. The molecule has 0 radical (unpaired) electrons. The Morgan fingerprint density at radius 1 is 1.59 bits per heavy atom. The van der Waals surface area contributed by atoms with Gasteiger partial charge < -0.3 is 9.64 Å². The number of carbonyl (C=O) groups is 1. The van der Waals surface area contributed by atoms with E-state index in [0.29, 0.717) is 12.5 Å². The molecule has 0 saturated heterocycles. The van der Waals surface area contributed by atoms with E-state index >= 15 is 0 Å². The van der Waals surface area contributed by atoms with Crippen LogP contribution < -0.4 is 4.90 Å². The summed E-state index contributed by atoms with van der Waals surface area (Å²) >= 11 is 1.45. The van der Waals surface area contributed by atoms with Crippen LogP contribution in [0.25, 0.3) is 0 Å². The number of aldehydes is 1. The normalized spacial score (nSPS) is 12.5. The van der Waals surface area contributed by atoms with Crippen molar-refractivity contribution in [1.29, 1.82) is 0 Å². The summed E-state index contributed by atoms with van der Waals surface area (Å²) in [6, 6.07) is 0. The third kappa shape index (κ3) is 3.51. The van der Waals surface area contributed by atoms with E-state index in [9.17, 15) is 4.79 Å². The van der Waals surface area contributed by atoms with Gasteiger partial charge in [0, 0.05) is 20.7 Å². The number of ether oxygens (including phenoxy) is 1. The number of hydrogen-bond donors (Lipinski definition) is 0. The fourth-order valence-corrected chi connectivity index (χ4v) is 2.44. The number of hydrogen-bond acceptors (Lipinski definition) is 5. The molecular formula is C12H20N2O2S. The van der Waals surface area contributed by atoms with Gasteiger partial charge in [0.25, 0.3) is 0 Å². The molecule has 0 aliphatic carbocycles. The maximum Gasteiger partial charge on any atom is 0.186 e. The van der Waals surface area contributed by atoms with Crippen LogP contribution in [-0.2, 0) is 4.74 Å².